The van der Waals surface area contributed by atoms with Crippen LogP contribution >= 0.6 is 0 Å². The molecule has 4 nitrogen and oxygen atoms in total. The van der Waals surface area contributed by atoms with Crippen LogP contribution < -0.4 is 0 Å². The van der Waals surface area contributed by atoms with Crippen molar-refractivity contribution in [1.82, 2.24) is 0 Å². The van der Waals surface area contributed by atoms with E-state index in [9.17, 15) is 15.0 Å². The average Bonchev–Trinajstić information content (AvgIpc) is 2.54. The van der Waals surface area contributed by atoms with E-state index in [1.165, 1.54) is 0 Å². The maximum atomic E-state index is 12.5. The first-order valence-corrected chi connectivity index (χ1v) is 6.81. The molecule has 0 aromatic heterocycles. The van der Waals surface area contributed by atoms with Gasteiger partial charge in [-0.2, -0.15) is 0 Å². The van der Waals surface area contributed by atoms with E-state index in [1.807, 2.05) is 6.07 Å². The molecule has 0 aliphatic rings. The first-order chi connectivity index (χ1) is 10.1. The lowest BCUT2D eigenvalue weighted by Crippen LogP contribution is -2.21. The van der Waals surface area contributed by atoms with Gasteiger partial charge in [0.1, 0.15) is 6.10 Å². The molecule has 0 saturated carbocycles. The molecule has 0 saturated heterocycles. The van der Waals surface area contributed by atoms with Gasteiger partial charge in [-0.15, -0.1) is 0 Å². The van der Waals surface area contributed by atoms with Crippen molar-refractivity contribution in [2.24, 2.45) is 0 Å². The first kappa shape index (κ1) is 15.4. The van der Waals surface area contributed by atoms with Gasteiger partial charge in [0, 0.05) is 17.7 Å². The normalized spacial score (nSPS) is 13.7. The van der Waals surface area contributed by atoms with Crippen LogP contribution in [0.3, 0.4) is 0 Å². The first-order valence-electron chi connectivity index (χ1n) is 6.81. The van der Waals surface area contributed by atoms with Gasteiger partial charge in [-0.05, 0) is 12.0 Å². The predicted octanol–water partition coefficient (Wildman–Crippen LogP) is 1.69. The molecule has 0 heterocycles. The molecular formula is C17H18O4. The van der Waals surface area contributed by atoms with Gasteiger partial charge < -0.3 is 15.3 Å². The van der Waals surface area contributed by atoms with Crippen LogP contribution in [0.4, 0.5) is 0 Å². The van der Waals surface area contributed by atoms with Gasteiger partial charge in [0.2, 0.25) is 0 Å². The Bertz CT molecular complexity index is 595. The topological polar surface area (TPSA) is 77.8 Å². The summed E-state index contributed by atoms with van der Waals surface area (Å²) in [5, 5.41) is 28.9. The molecule has 0 aliphatic carbocycles. The smallest absolute Gasteiger partial charge is 0.193 e. The molecule has 2 aromatic carbocycles. The second-order valence-corrected chi connectivity index (χ2v) is 4.81. The lowest BCUT2D eigenvalue weighted by molar-refractivity contribution is 0.00389. The molecule has 4 heteroatoms. The number of rotatable bonds is 6. The zero-order valence-corrected chi connectivity index (χ0v) is 11.5. The van der Waals surface area contributed by atoms with E-state index in [0.717, 1.165) is 0 Å². The molecule has 0 radical (unpaired) electrons. The number of hydrogen-bond donors (Lipinski definition) is 3. The molecule has 110 valence electrons. The number of carbonyl (C=O) groups is 1. The Morgan fingerprint density at radius 2 is 1.57 bits per heavy atom. The third kappa shape index (κ3) is 3.55. The highest BCUT2D eigenvalue weighted by Crippen LogP contribution is 2.24. The minimum Gasteiger partial charge on any atom is -0.396 e. The highest BCUT2D eigenvalue weighted by molar-refractivity contribution is 6.09. The van der Waals surface area contributed by atoms with Crippen LogP contribution in [0.5, 0.6) is 0 Å². The highest BCUT2D eigenvalue weighted by Gasteiger charge is 2.23. The summed E-state index contributed by atoms with van der Waals surface area (Å²) >= 11 is 0. The van der Waals surface area contributed by atoms with Crippen molar-refractivity contribution >= 4 is 5.78 Å². The lowest BCUT2D eigenvalue weighted by Gasteiger charge is -2.19. The van der Waals surface area contributed by atoms with Crippen molar-refractivity contribution in [2.45, 2.75) is 18.6 Å². The van der Waals surface area contributed by atoms with Crippen molar-refractivity contribution in [3.8, 4) is 0 Å². The second-order valence-electron chi connectivity index (χ2n) is 4.81. The molecule has 2 unspecified atom stereocenters. The van der Waals surface area contributed by atoms with Crippen LogP contribution in [0, 0.1) is 0 Å². The van der Waals surface area contributed by atoms with Crippen LogP contribution in [0.2, 0.25) is 0 Å². The van der Waals surface area contributed by atoms with Gasteiger partial charge in [0.15, 0.2) is 5.78 Å². The van der Waals surface area contributed by atoms with E-state index in [-0.39, 0.29) is 18.8 Å². The molecule has 2 rings (SSSR count). The summed E-state index contributed by atoms with van der Waals surface area (Å²) in [6.45, 7) is -0.229. The van der Waals surface area contributed by atoms with E-state index in [0.29, 0.717) is 16.7 Å². The van der Waals surface area contributed by atoms with Gasteiger partial charge >= 0.3 is 0 Å². The molecule has 2 atom stereocenters. The number of carbonyl (C=O) groups excluding carboxylic acids is 1. The van der Waals surface area contributed by atoms with Crippen LogP contribution in [0.15, 0.2) is 54.6 Å². The molecule has 3 N–H and O–H groups in total. The third-order valence-corrected chi connectivity index (χ3v) is 3.35. The fraction of sp³-hybridized carbons (Fsp3) is 0.235. The molecule has 0 fully saturated rings. The maximum absolute atomic E-state index is 12.5. The largest absolute Gasteiger partial charge is 0.396 e. The SMILES string of the molecule is O=C(c1ccccc1)c1ccccc1C(O)C(O)CCO. The van der Waals surface area contributed by atoms with Crippen molar-refractivity contribution in [2.75, 3.05) is 6.61 Å². The molecule has 0 spiro atoms. The maximum Gasteiger partial charge on any atom is 0.193 e. The van der Waals surface area contributed by atoms with E-state index in [4.69, 9.17) is 5.11 Å². The fourth-order valence-corrected chi connectivity index (χ4v) is 2.20. The number of hydrogen-bond acceptors (Lipinski definition) is 4. The Morgan fingerprint density at radius 1 is 0.952 bits per heavy atom. The van der Waals surface area contributed by atoms with Crippen molar-refractivity contribution in [3.63, 3.8) is 0 Å². The summed E-state index contributed by atoms with van der Waals surface area (Å²) in [4.78, 5) is 12.5. The summed E-state index contributed by atoms with van der Waals surface area (Å²) in [7, 11) is 0. The van der Waals surface area contributed by atoms with Crippen LogP contribution in [0.1, 0.15) is 34.0 Å². The summed E-state index contributed by atoms with van der Waals surface area (Å²) in [5.41, 5.74) is 1.24. The van der Waals surface area contributed by atoms with E-state index in [2.05, 4.69) is 0 Å². The quantitative estimate of drug-likeness (QED) is 0.706. The number of benzene rings is 2. The fourth-order valence-electron chi connectivity index (χ4n) is 2.20. The van der Waals surface area contributed by atoms with Crippen molar-refractivity contribution in [3.05, 3.63) is 71.3 Å². The lowest BCUT2D eigenvalue weighted by atomic mass is 9.92. The van der Waals surface area contributed by atoms with Crippen LogP contribution in [0.25, 0.3) is 0 Å². The zero-order valence-electron chi connectivity index (χ0n) is 11.5. The minimum absolute atomic E-state index is 0.0506. The molecule has 0 amide bonds. The summed E-state index contributed by atoms with van der Waals surface area (Å²) in [6.07, 6.45) is -2.27. The summed E-state index contributed by atoms with van der Waals surface area (Å²) in [5.74, 6) is -0.207. The van der Waals surface area contributed by atoms with Gasteiger partial charge in [-0.1, -0.05) is 54.6 Å². The zero-order chi connectivity index (χ0) is 15.2. The van der Waals surface area contributed by atoms with Crippen molar-refractivity contribution in [1.29, 1.82) is 0 Å². The highest BCUT2D eigenvalue weighted by atomic mass is 16.3. The number of aliphatic hydroxyl groups is 3. The van der Waals surface area contributed by atoms with Crippen molar-refractivity contribution < 1.29 is 20.1 Å². The van der Waals surface area contributed by atoms with Gasteiger partial charge in [0.05, 0.1) is 6.10 Å². The summed E-state index contributed by atoms with van der Waals surface area (Å²) in [6, 6.07) is 15.4. The predicted molar refractivity (Wildman–Crippen MR) is 79.0 cm³/mol. The summed E-state index contributed by atoms with van der Waals surface area (Å²) < 4.78 is 0. The third-order valence-electron chi connectivity index (χ3n) is 3.35. The number of ketones is 1. The van der Waals surface area contributed by atoms with Gasteiger partial charge in [-0.25, -0.2) is 0 Å². The Labute approximate surface area is 123 Å². The van der Waals surface area contributed by atoms with Crippen LogP contribution in [-0.4, -0.2) is 33.8 Å². The van der Waals surface area contributed by atoms with E-state index < -0.39 is 12.2 Å². The van der Waals surface area contributed by atoms with Gasteiger partial charge in [0.25, 0.3) is 0 Å². The number of aliphatic hydroxyl groups excluding tert-OH is 3. The standard InChI is InChI=1S/C17H18O4/c18-11-10-15(19)17(21)14-9-5-4-8-13(14)16(20)12-6-2-1-3-7-12/h1-9,15,17-19,21H,10-11H2. The Hall–Kier alpha value is -2.01. The average molecular weight is 286 g/mol. The molecular weight excluding hydrogens is 268 g/mol. The molecule has 0 bridgehead atoms. The molecule has 21 heavy (non-hydrogen) atoms. The van der Waals surface area contributed by atoms with E-state index >= 15 is 0 Å². The van der Waals surface area contributed by atoms with Gasteiger partial charge in [-0.3, -0.25) is 4.79 Å². The Balaban J connectivity index is 2.35. The van der Waals surface area contributed by atoms with E-state index in [1.54, 1.807) is 48.5 Å². The minimum atomic E-state index is -1.21. The Kier molecular flexibility index (Phi) is 5.22. The molecule has 0 aliphatic heterocycles. The Morgan fingerprint density at radius 3 is 2.24 bits per heavy atom. The molecule has 2 aromatic rings. The second kappa shape index (κ2) is 7.13. The van der Waals surface area contributed by atoms with Crippen LogP contribution in [-0.2, 0) is 0 Å². The monoisotopic (exact) mass is 286 g/mol.